The van der Waals surface area contributed by atoms with Crippen LogP contribution >= 0.6 is 23.4 Å². The van der Waals surface area contributed by atoms with E-state index < -0.39 is 0 Å². The summed E-state index contributed by atoms with van der Waals surface area (Å²) < 4.78 is 4.73. The Morgan fingerprint density at radius 1 is 1.05 bits per heavy atom. The van der Waals surface area contributed by atoms with Crippen LogP contribution in [0, 0.1) is 0 Å². The molecule has 0 amide bonds. The maximum atomic E-state index is 11.5. The highest BCUT2D eigenvalue weighted by Gasteiger charge is 2.05. The van der Waals surface area contributed by atoms with E-state index in [-0.39, 0.29) is 5.97 Å². The summed E-state index contributed by atoms with van der Waals surface area (Å²) in [6.45, 7) is 0. The van der Waals surface area contributed by atoms with Crippen molar-refractivity contribution in [3.63, 3.8) is 0 Å². The van der Waals surface area contributed by atoms with Crippen LogP contribution in [0.4, 0.5) is 0 Å². The van der Waals surface area contributed by atoms with Gasteiger partial charge in [-0.2, -0.15) is 11.8 Å². The number of alkyl halides is 1. The molecule has 0 N–H and O–H groups in total. The number of methoxy groups -OCH3 is 1. The van der Waals surface area contributed by atoms with Crippen molar-refractivity contribution in [3.8, 4) is 0 Å². The molecule has 0 radical (unpaired) electrons. The molecule has 0 spiro atoms. The Hall–Kier alpha value is -1.45. The molecule has 0 aliphatic carbocycles. The fourth-order valence-corrected chi connectivity index (χ4v) is 3.09. The molecular formula is C17H17ClO2S. The summed E-state index contributed by atoms with van der Waals surface area (Å²) in [5, 5.41) is 0. The molecule has 4 heteroatoms. The number of halogens is 1. The maximum absolute atomic E-state index is 11.5. The van der Waals surface area contributed by atoms with Crippen LogP contribution in [0.2, 0.25) is 0 Å². The maximum Gasteiger partial charge on any atom is 0.337 e. The van der Waals surface area contributed by atoms with Crippen LogP contribution in [0.1, 0.15) is 27.0 Å². The molecule has 0 fully saturated rings. The summed E-state index contributed by atoms with van der Waals surface area (Å²) in [6, 6.07) is 15.9. The predicted octanol–water partition coefficient (Wildman–Crippen LogP) is 4.65. The molecule has 2 aromatic rings. The summed E-state index contributed by atoms with van der Waals surface area (Å²) in [5.41, 5.74) is 4.13. The first-order valence-electron chi connectivity index (χ1n) is 6.61. The zero-order chi connectivity index (χ0) is 15.1. The SMILES string of the molecule is COC(=O)c1cccc(CSCc2cccc(CCl)c2)c1. The molecule has 0 aliphatic heterocycles. The highest BCUT2D eigenvalue weighted by molar-refractivity contribution is 7.97. The lowest BCUT2D eigenvalue weighted by atomic mass is 10.1. The van der Waals surface area contributed by atoms with Crippen molar-refractivity contribution in [2.45, 2.75) is 17.4 Å². The number of hydrogen-bond donors (Lipinski definition) is 0. The molecule has 0 aromatic heterocycles. The van der Waals surface area contributed by atoms with E-state index in [1.807, 2.05) is 42.1 Å². The Balaban J connectivity index is 1.92. The van der Waals surface area contributed by atoms with Crippen molar-refractivity contribution in [2.24, 2.45) is 0 Å². The Bertz CT molecular complexity index is 613. The molecule has 0 saturated heterocycles. The van der Waals surface area contributed by atoms with Gasteiger partial charge in [-0.1, -0.05) is 36.4 Å². The Kier molecular flexibility index (Phi) is 6.15. The zero-order valence-corrected chi connectivity index (χ0v) is 13.4. The molecule has 0 saturated carbocycles. The Morgan fingerprint density at radius 2 is 1.67 bits per heavy atom. The number of rotatable bonds is 6. The number of hydrogen-bond acceptors (Lipinski definition) is 3. The largest absolute Gasteiger partial charge is 0.465 e. The fraction of sp³-hybridized carbons (Fsp3) is 0.235. The van der Waals surface area contributed by atoms with E-state index in [0.717, 1.165) is 22.6 Å². The quantitative estimate of drug-likeness (QED) is 0.572. The van der Waals surface area contributed by atoms with Crippen molar-refractivity contribution in [1.29, 1.82) is 0 Å². The van der Waals surface area contributed by atoms with Gasteiger partial charge in [0.1, 0.15) is 0 Å². The molecule has 0 bridgehead atoms. The van der Waals surface area contributed by atoms with Crippen LogP contribution in [0.25, 0.3) is 0 Å². The number of benzene rings is 2. The highest BCUT2D eigenvalue weighted by Crippen LogP contribution is 2.20. The molecule has 21 heavy (non-hydrogen) atoms. The number of thioether (sulfide) groups is 1. The molecule has 0 aliphatic rings. The van der Waals surface area contributed by atoms with Crippen molar-refractivity contribution in [2.75, 3.05) is 7.11 Å². The van der Waals surface area contributed by atoms with Gasteiger partial charge in [0.2, 0.25) is 0 Å². The van der Waals surface area contributed by atoms with Crippen LogP contribution in [0.3, 0.4) is 0 Å². The third-order valence-corrected chi connectivity index (χ3v) is 4.41. The summed E-state index contributed by atoms with van der Waals surface area (Å²) in [5.74, 6) is 2.03. The smallest absolute Gasteiger partial charge is 0.337 e. The number of carbonyl (C=O) groups is 1. The van der Waals surface area contributed by atoms with E-state index >= 15 is 0 Å². The minimum atomic E-state index is -0.295. The van der Waals surface area contributed by atoms with Crippen molar-refractivity contribution < 1.29 is 9.53 Å². The number of esters is 1. The molecule has 2 nitrogen and oxygen atoms in total. The van der Waals surface area contributed by atoms with E-state index in [9.17, 15) is 4.79 Å². The van der Waals surface area contributed by atoms with Crippen LogP contribution in [-0.4, -0.2) is 13.1 Å². The lowest BCUT2D eigenvalue weighted by molar-refractivity contribution is 0.0600. The van der Waals surface area contributed by atoms with E-state index in [2.05, 4.69) is 12.1 Å². The van der Waals surface area contributed by atoms with Crippen molar-refractivity contribution >= 4 is 29.3 Å². The van der Waals surface area contributed by atoms with Gasteiger partial charge in [0, 0.05) is 17.4 Å². The van der Waals surface area contributed by atoms with Gasteiger partial charge >= 0.3 is 5.97 Å². The first-order valence-corrected chi connectivity index (χ1v) is 8.30. The number of carbonyl (C=O) groups excluding carboxylic acids is 1. The van der Waals surface area contributed by atoms with Gasteiger partial charge < -0.3 is 4.74 Å². The van der Waals surface area contributed by atoms with Gasteiger partial charge in [-0.25, -0.2) is 4.79 Å². The molecule has 0 heterocycles. The molecule has 0 atom stereocenters. The minimum absolute atomic E-state index is 0.295. The van der Waals surface area contributed by atoms with Gasteiger partial charge in [0.25, 0.3) is 0 Å². The predicted molar refractivity (Wildman–Crippen MR) is 88.8 cm³/mol. The zero-order valence-electron chi connectivity index (χ0n) is 11.8. The van der Waals surface area contributed by atoms with Crippen molar-refractivity contribution in [1.82, 2.24) is 0 Å². The van der Waals surface area contributed by atoms with Crippen molar-refractivity contribution in [3.05, 3.63) is 70.8 Å². The topological polar surface area (TPSA) is 26.3 Å². The second-order valence-corrected chi connectivity index (χ2v) is 5.89. The Labute approximate surface area is 134 Å². The minimum Gasteiger partial charge on any atom is -0.465 e. The van der Waals surface area contributed by atoms with Crippen LogP contribution in [-0.2, 0) is 22.1 Å². The summed E-state index contributed by atoms with van der Waals surface area (Å²) in [7, 11) is 1.40. The summed E-state index contributed by atoms with van der Waals surface area (Å²) >= 11 is 7.65. The van der Waals surface area contributed by atoms with E-state index in [4.69, 9.17) is 16.3 Å². The third-order valence-electron chi connectivity index (χ3n) is 3.03. The summed E-state index contributed by atoms with van der Waals surface area (Å²) in [4.78, 5) is 11.5. The molecule has 2 rings (SSSR count). The van der Waals surface area contributed by atoms with Crippen LogP contribution in [0.5, 0.6) is 0 Å². The van der Waals surface area contributed by atoms with E-state index in [1.54, 1.807) is 6.07 Å². The number of ether oxygens (including phenoxy) is 1. The lowest BCUT2D eigenvalue weighted by Crippen LogP contribution is -2.01. The standard InChI is InChI=1S/C17H17ClO2S/c1-20-17(19)16-7-3-6-15(9-16)12-21-11-14-5-2-4-13(8-14)10-18/h2-9H,10-12H2,1H3. The molecule has 110 valence electrons. The fourth-order valence-electron chi connectivity index (χ4n) is 2.00. The van der Waals surface area contributed by atoms with E-state index in [0.29, 0.717) is 11.4 Å². The van der Waals surface area contributed by atoms with Crippen LogP contribution < -0.4 is 0 Å². The first kappa shape index (κ1) is 15.9. The monoisotopic (exact) mass is 320 g/mol. The third kappa shape index (κ3) is 4.80. The molecule has 0 unspecified atom stereocenters. The average molecular weight is 321 g/mol. The average Bonchev–Trinajstić information content (AvgIpc) is 2.54. The second kappa shape index (κ2) is 8.11. The van der Waals surface area contributed by atoms with Gasteiger partial charge in [-0.15, -0.1) is 11.6 Å². The summed E-state index contributed by atoms with van der Waals surface area (Å²) in [6.07, 6.45) is 0. The lowest BCUT2D eigenvalue weighted by Gasteiger charge is -2.05. The first-order chi connectivity index (χ1) is 10.2. The van der Waals surface area contributed by atoms with Crippen LogP contribution in [0.15, 0.2) is 48.5 Å². The Morgan fingerprint density at radius 3 is 2.33 bits per heavy atom. The second-order valence-electron chi connectivity index (χ2n) is 4.64. The highest BCUT2D eigenvalue weighted by atomic mass is 35.5. The molecular weight excluding hydrogens is 304 g/mol. The normalized spacial score (nSPS) is 10.4. The van der Waals surface area contributed by atoms with E-state index in [1.165, 1.54) is 12.7 Å². The van der Waals surface area contributed by atoms with Gasteiger partial charge in [0.05, 0.1) is 12.7 Å². The van der Waals surface area contributed by atoms with Gasteiger partial charge in [0.15, 0.2) is 0 Å². The van der Waals surface area contributed by atoms with Gasteiger partial charge in [-0.3, -0.25) is 0 Å². The molecule has 2 aromatic carbocycles. The van der Waals surface area contributed by atoms with Gasteiger partial charge in [-0.05, 0) is 28.8 Å².